The summed E-state index contributed by atoms with van der Waals surface area (Å²) in [6.45, 7) is 3.88. The van der Waals surface area contributed by atoms with Crippen LogP contribution in [0.4, 0.5) is 0 Å². The molecule has 1 aromatic heterocycles. The molecule has 0 spiro atoms. The van der Waals surface area contributed by atoms with Gasteiger partial charge in [0, 0.05) is 21.8 Å². The van der Waals surface area contributed by atoms with Gasteiger partial charge in [-0.05, 0) is 90.3 Å². The zero-order chi connectivity index (χ0) is 23.1. The minimum atomic E-state index is 0.343. The van der Waals surface area contributed by atoms with Crippen molar-refractivity contribution in [3.05, 3.63) is 109 Å². The van der Waals surface area contributed by atoms with Crippen LogP contribution >= 0.6 is 11.6 Å². The van der Waals surface area contributed by atoms with Crippen LogP contribution < -0.4 is 0 Å². The van der Waals surface area contributed by atoms with Gasteiger partial charge in [0.1, 0.15) is 0 Å². The van der Waals surface area contributed by atoms with E-state index in [1.54, 1.807) is 0 Å². The highest BCUT2D eigenvalue weighted by atomic mass is 35.5. The number of halogens is 1. The predicted octanol–water partition coefficient (Wildman–Crippen LogP) is 9.36. The summed E-state index contributed by atoms with van der Waals surface area (Å²) in [5, 5.41) is 2.97. The molecule has 1 heterocycles. The van der Waals surface area contributed by atoms with E-state index in [0.29, 0.717) is 11.3 Å². The molecule has 1 fully saturated rings. The molecule has 34 heavy (non-hydrogen) atoms. The molecule has 1 aliphatic rings. The first-order valence-corrected chi connectivity index (χ1v) is 12.7. The smallest absolute Gasteiger partial charge is 0.0541 e. The average molecular weight is 462 g/mol. The predicted molar refractivity (Wildman–Crippen MR) is 147 cm³/mol. The summed E-state index contributed by atoms with van der Waals surface area (Å²) in [6.07, 6.45) is 6.47. The Hall–Kier alpha value is -3.29. The summed E-state index contributed by atoms with van der Waals surface area (Å²) in [4.78, 5) is 0. The lowest BCUT2D eigenvalue weighted by Gasteiger charge is -2.25. The van der Waals surface area contributed by atoms with Crippen molar-refractivity contribution < 1.29 is 0 Å². The molecular formula is C32H28ClN. The van der Waals surface area contributed by atoms with Crippen LogP contribution in [0.1, 0.15) is 42.7 Å². The Morgan fingerprint density at radius 1 is 0.706 bits per heavy atom. The zero-order valence-electron chi connectivity index (χ0n) is 19.3. The molecule has 6 rings (SSSR count). The minimum Gasteiger partial charge on any atom is -0.309 e. The van der Waals surface area contributed by atoms with Crippen LogP contribution in [0.2, 0.25) is 0 Å². The Bertz CT molecular complexity index is 1470. The molecule has 168 valence electrons. The molecule has 0 aliphatic heterocycles. The summed E-state index contributed by atoms with van der Waals surface area (Å²) >= 11 is 6.40. The maximum atomic E-state index is 6.40. The lowest BCUT2D eigenvalue weighted by molar-refractivity contribution is 0.449. The fraction of sp³-hybridized carbons (Fsp3) is 0.188. The van der Waals surface area contributed by atoms with Crippen molar-refractivity contribution in [2.45, 2.75) is 37.0 Å². The Morgan fingerprint density at radius 3 is 2.06 bits per heavy atom. The van der Waals surface area contributed by atoms with Crippen molar-refractivity contribution in [2.75, 3.05) is 0 Å². The van der Waals surface area contributed by atoms with E-state index < -0.39 is 0 Å². The molecule has 1 aliphatic carbocycles. The molecule has 1 nitrogen and oxygen atoms in total. The molecule has 1 saturated carbocycles. The molecule has 0 saturated heterocycles. The van der Waals surface area contributed by atoms with Gasteiger partial charge in [0.05, 0.1) is 11.0 Å². The molecule has 4 aromatic carbocycles. The van der Waals surface area contributed by atoms with Crippen molar-refractivity contribution in [2.24, 2.45) is 0 Å². The fourth-order valence-electron chi connectivity index (χ4n) is 5.53. The third-order valence-corrected chi connectivity index (χ3v) is 7.85. The van der Waals surface area contributed by atoms with Crippen molar-refractivity contribution >= 4 is 39.5 Å². The number of nitrogens with zero attached hydrogens (tertiary/aromatic N) is 1. The van der Waals surface area contributed by atoms with Gasteiger partial charge in [0.15, 0.2) is 0 Å². The van der Waals surface area contributed by atoms with E-state index >= 15 is 0 Å². The average Bonchev–Trinajstić information content (AvgIpc) is 3.22. The van der Waals surface area contributed by atoms with E-state index in [2.05, 4.69) is 102 Å². The number of hydrogen-bond donors (Lipinski definition) is 0. The van der Waals surface area contributed by atoms with E-state index in [4.69, 9.17) is 11.6 Å². The largest absolute Gasteiger partial charge is 0.309 e. The number of rotatable bonds is 4. The molecule has 0 bridgehead atoms. The standard InChI is InChI=1S/C32H28ClN/c1-2-22-8-10-23(11-9-22)25-14-18-31-29(20-25)30-21-26(24-12-16-27(33)17-13-24)15-19-32(30)34(31)28-6-4-3-5-7-28/h2-11,14-15,18-21,24,27H,1,12-13,16-17H2. The van der Waals surface area contributed by atoms with Gasteiger partial charge in [-0.3, -0.25) is 0 Å². The zero-order valence-corrected chi connectivity index (χ0v) is 20.0. The van der Waals surface area contributed by atoms with Crippen LogP contribution in [-0.2, 0) is 0 Å². The first kappa shape index (κ1) is 21.3. The summed E-state index contributed by atoms with van der Waals surface area (Å²) in [7, 11) is 0. The summed E-state index contributed by atoms with van der Waals surface area (Å²) in [5.74, 6) is 0.601. The van der Waals surface area contributed by atoms with Gasteiger partial charge in [-0.1, -0.05) is 67.3 Å². The first-order valence-electron chi connectivity index (χ1n) is 12.2. The van der Waals surface area contributed by atoms with E-state index in [0.717, 1.165) is 18.4 Å². The number of fused-ring (bicyclic) bond motifs is 3. The van der Waals surface area contributed by atoms with Crippen LogP contribution in [0.3, 0.4) is 0 Å². The maximum absolute atomic E-state index is 6.40. The molecule has 0 radical (unpaired) electrons. The van der Waals surface area contributed by atoms with Gasteiger partial charge < -0.3 is 4.57 Å². The number of para-hydroxylation sites is 1. The van der Waals surface area contributed by atoms with E-state index in [-0.39, 0.29) is 0 Å². The van der Waals surface area contributed by atoms with Gasteiger partial charge in [0.25, 0.3) is 0 Å². The first-order chi connectivity index (χ1) is 16.7. The molecule has 0 N–H and O–H groups in total. The summed E-state index contributed by atoms with van der Waals surface area (Å²) in [6, 6.07) is 33.3. The monoisotopic (exact) mass is 461 g/mol. The number of benzene rings is 4. The second-order valence-corrected chi connectivity index (χ2v) is 10.1. The second kappa shape index (κ2) is 8.81. The van der Waals surface area contributed by atoms with E-state index in [1.807, 2.05) is 6.08 Å². The maximum Gasteiger partial charge on any atom is 0.0541 e. The minimum absolute atomic E-state index is 0.343. The Kier molecular flexibility index (Phi) is 5.51. The van der Waals surface area contributed by atoms with Gasteiger partial charge in [-0.2, -0.15) is 0 Å². The highest BCUT2D eigenvalue weighted by Gasteiger charge is 2.22. The van der Waals surface area contributed by atoms with Gasteiger partial charge >= 0.3 is 0 Å². The van der Waals surface area contributed by atoms with Crippen molar-refractivity contribution in [3.8, 4) is 16.8 Å². The molecule has 0 amide bonds. The number of aromatic nitrogens is 1. The van der Waals surface area contributed by atoms with E-state index in [1.165, 1.54) is 57.0 Å². The molecule has 2 heteroatoms. The lowest BCUT2D eigenvalue weighted by atomic mass is 9.83. The van der Waals surface area contributed by atoms with Crippen molar-refractivity contribution in [1.82, 2.24) is 4.57 Å². The van der Waals surface area contributed by atoms with Crippen LogP contribution in [0.25, 0.3) is 44.7 Å². The normalized spacial score (nSPS) is 18.4. The van der Waals surface area contributed by atoms with Gasteiger partial charge in [0.2, 0.25) is 0 Å². The van der Waals surface area contributed by atoms with Crippen LogP contribution in [0.15, 0.2) is 97.6 Å². The third kappa shape index (κ3) is 3.75. The highest BCUT2D eigenvalue weighted by Crippen LogP contribution is 2.40. The van der Waals surface area contributed by atoms with E-state index in [9.17, 15) is 0 Å². The summed E-state index contributed by atoms with van der Waals surface area (Å²) < 4.78 is 2.40. The van der Waals surface area contributed by atoms with Gasteiger partial charge in [-0.25, -0.2) is 0 Å². The molecule has 0 atom stereocenters. The molecule has 5 aromatic rings. The van der Waals surface area contributed by atoms with Crippen LogP contribution in [0, 0.1) is 0 Å². The molecular weight excluding hydrogens is 434 g/mol. The number of hydrogen-bond acceptors (Lipinski definition) is 0. The molecule has 0 unspecified atom stereocenters. The third-order valence-electron chi connectivity index (χ3n) is 7.41. The van der Waals surface area contributed by atoms with Crippen molar-refractivity contribution in [3.63, 3.8) is 0 Å². The SMILES string of the molecule is C=Cc1ccc(-c2ccc3c(c2)c2cc(C4CCC(Cl)CC4)ccc2n3-c2ccccc2)cc1. The fourth-order valence-corrected chi connectivity index (χ4v) is 5.78. The Labute approximate surface area is 206 Å². The van der Waals surface area contributed by atoms with Crippen LogP contribution in [0.5, 0.6) is 0 Å². The lowest BCUT2D eigenvalue weighted by Crippen LogP contribution is -2.12. The van der Waals surface area contributed by atoms with Gasteiger partial charge in [-0.15, -0.1) is 11.6 Å². The Morgan fingerprint density at radius 2 is 1.35 bits per heavy atom. The highest BCUT2D eigenvalue weighted by molar-refractivity contribution is 6.20. The topological polar surface area (TPSA) is 4.93 Å². The number of alkyl halides is 1. The Balaban J connectivity index is 1.55. The second-order valence-electron chi connectivity index (χ2n) is 9.45. The van der Waals surface area contributed by atoms with Crippen LogP contribution in [-0.4, -0.2) is 9.94 Å². The summed E-state index contributed by atoms with van der Waals surface area (Å²) in [5.41, 5.74) is 8.75. The van der Waals surface area contributed by atoms with Crippen molar-refractivity contribution in [1.29, 1.82) is 0 Å². The quantitative estimate of drug-likeness (QED) is 0.235.